The Hall–Kier alpha value is -1.69. The highest BCUT2D eigenvalue weighted by atomic mass is 16.6. The van der Waals surface area contributed by atoms with Crippen molar-refractivity contribution in [3.63, 3.8) is 0 Å². The minimum absolute atomic E-state index is 0.0563. The molecule has 2 rings (SSSR count). The quantitative estimate of drug-likeness (QED) is 0.652. The van der Waals surface area contributed by atoms with Gasteiger partial charge >= 0.3 is 0 Å². The smallest absolute Gasteiger partial charge is 0.279 e. The number of aryl methyl sites for hydroxylation is 1. The van der Waals surface area contributed by atoms with Crippen LogP contribution in [0.25, 0.3) is 0 Å². The molecule has 0 saturated carbocycles. The lowest BCUT2D eigenvalue weighted by molar-refractivity contribution is -0.385. The van der Waals surface area contributed by atoms with Gasteiger partial charge in [0.05, 0.1) is 17.6 Å². The summed E-state index contributed by atoms with van der Waals surface area (Å²) in [6, 6.07) is 1.89. The van der Waals surface area contributed by atoms with Gasteiger partial charge in [0.1, 0.15) is 0 Å². The van der Waals surface area contributed by atoms with Crippen molar-refractivity contribution in [3.05, 3.63) is 27.9 Å². The van der Waals surface area contributed by atoms with E-state index < -0.39 is 4.92 Å². The van der Waals surface area contributed by atoms with Gasteiger partial charge in [0, 0.05) is 17.8 Å². The summed E-state index contributed by atoms with van der Waals surface area (Å²) in [5.41, 5.74) is 0.604. The number of pyridine rings is 1. The molecule has 1 unspecified atom stereocenters. The maximum Gasteiger partial charge on any atom is 0.279 e. The first-order chi connectivity index (χ1) is 9.16. The summed E-state index contributed by atoms with van der Waals surface area (Å²) in [7, 11) is 0. The number of nitrogens with zero attached hydrogens (tertiary/aromatic N) is 2. The molecule has 0 bridgehead atoms. The van der Waals surface area contributed by atoms with Crippen LogP contribution in [0.3, 0.4) is 0 Å². The van der Waals surface area contributed by atoms with Gasteiger partial charge in [0.15, 0.2) is 0 Å². The highest BCUT2D eigenvalue weighted by molar-refractivity contribution is 5.40. The van der Waals surface area contributed by atoms with E-state index in [2.05, 4.69) is 10.3 Å². The Labute approximate surface area is 112 Å². The molecule has 0 amide bonds. The van der Waals surface area contributed by atoms with Crippen LogP contribution in [0.15, 0.2) is 12.3 Å². The van der Waals surface area contributed by atoms with Crippen LogP contribution in [0.1, 0.15) is 31.2 Å². The zero-order chi connectivity index (χ0) is 13.7. The van der Waals surface area contributed by atoms with Crippen LogP contribution in [-0.2, 0) is 0 Å². The SMILES string of the molecule is Cc1cnc(OCCC2CCCCN2)cc1[N+](=O)[O-]. The Morgan fingerprint density at radius 1 is 1.58 bits per heavy atom. The minimum Gasteiger partial charge on any atom is -0.477 e. The van der Waals surface area contributed by atoms with E-state index in [4.69, 9.17) is 4.74 Å². The average Bonchev–Trinajstić information content (AvgIpc) is 2.41. The highest BCUT2D eigenvalue weighted by Crippen LogP contribution is 2.21. The van der Waals surface area contributed by atoms with Crippen molar-refractivity contribution in [2.45, 2.75) is 38.6 Å². The summed E-state index contributed by atoms with van der Waals surface area (Å²) in [4.78, 5) is 14.5. The summed E-state index contributed by atoms with van der Waals surface area (Å²) in [6.45, 7) is 3.27. The van der Waals surface area contributed by atoms with Crippen LogP contribution in [0.5, 0.6) is 5.88 Å². The van der Waals surface area contributed by atoms with Gasteiger partial charge in [-0.25, -0.2) is 4.98 Å². The van der Waals surface area contributed by atoms with Gasteiger partial charge in [-0.2, -0.15) is 0 Å². The van der Waals surface area contributed by atoms with E-state index >= 15 is 0 Å². The zero-order valence-corrected chi connectivity index (χ0v) is 11.1. The molecule has 1 aromatic heterocycles. The van der Waals surface area contributed by atoms with Crippen molar-refractivity contribution in [3.8, 4) is 5.88 Å². The third-order valence-electron chi connectivity index (χ3n) is 3.37. The lowest BCUT2D eigenvalue weighted by Crippen LogP contribution is -2.35. The lowest BCUT2D eigenvalue weighted by Gasteiger charge is -2.23. The molecule has 2 heterocycles. The van der Waals surface area contributed by atoms with Crippen molar-refractivity contribution < 1.29 is 9.66 Å². The standard InChI is InChI=1S/C13H19N3O3/c1-10-9-15-13(8-12(10)16(17)18)19-7-5-11-4-2-3-6-14-11/h8-9,11,14H,2-7H2,1H3. The number of ether oxygens (including phenoxy) is 1. The van der Waals surface area contributed by atoms with Crippen LogP contribution in [0.4, 0.5) is 5.69 Å². The van der Waals surface area contributed by atoms with E-state index in [-0.39, 0.29) is 5.69 Å². The third kappa shape index (κ3) is 3.89. The van der Waals surface area contributed by atoms with Crippen LogP contribution >= 0.6 is 0 Å². The first-order valence-corrected chi connectivity index (χ1v) is 6.64. The number of rotatable bonds is 5. The van der Waals surface area contributed by atoms with Gasteiger partial charge in [0.25, 0.3) is 5.69 Å². The first-order valence-electron chi connectivity index (χ1n) is 6.64. The van der Waals surface area contributed by atoms with Gasteiger partial charge < -0.3 is 10.1 Å². The lowest BCUT2D eigenvalue weighted by atomic mass is 10.0. The Morgan fingerprint density at radius 2 is 2.42 bits per heavy atom. The Balaban J connectivity index is 1.85. The molecular weight excluding hydrogens is 246 g/mol. The van der Waals surface area contributed by atoms with Crippen molar-refractivity contribution in [1.82, 2.24) is 10.3 Å². The fourth-order valence-corrected chi connectivity index (χ4v) is 2.25. The van der Waals surface area contributed by atoms with Crippen LogP contribution in [0.2, 0.25) is 0 Å². The first kappa shape index (κ1) is 13.7. The maximum absolute atomic E-state index is 10.8. The van der Waals surface area contributed by atoms with E-state index in [0.717, 1.165) is 13.0 Å². The molecule has 1 fully saturated rings. The second kappa shape index (κ2) is 6.47. The monoisotopic (exact) mass is 265 g/mol. The molecule has 104 valence electrons. The molecular formula is C13H19N3O3. The number of nitro groups is 1. The minimum atomic E-state index is -0.410. The Kier molecular flexibility index (Phi) is 4.68. The molecule has 1 saturated heterocycles. The predicted octanol–water partition coefficient (Wildman–Crippen LogP) is 2.21. The second-order valence-corrected chi connectivity index (χ2v) is 4.85. The zero-order valence-electron chi connectivity index (χ0n) is 11.1. The second-order valence-electron chi connectivity index (χ2n) is 4.85. The fourth-order valence-electron chi connectivity index (χ4n) is 2.25. The fraction of sp³-hybridized carbons (Fsp3) is 0.615. The molecule has 6 heteroatoms. The van der Waals surface area contributed by atoms with E-state index in [0.29, 0.717) is 24.1 Å². The molecule has 0 aliphatic carbocycles. The van der Waals surface area contributed by atoms with E-state index in [1.165, 1.54) is 31.5 Å². The summed E-state index contributed by atoms with van der Waals surface area (Å²) in [5.74, 6) is 0.327. The normalized spacial score (nSPS) is 19.1. The largest absolute Gasteiger partial charge is 0.477 e. The maximum atomic E-state index is 10.8. The molecule has 0 aromatic carbocycles. The van der Waals surface area contributed by atoms with Crippen LogP contribution in [-0.4, -0.2) is 29.1 Å². The van der Waals surface area contributed by atoms with Crippen molar-refractivity contribution in [2.75, 3.05) is 13.2 Å². The van der Waals surface area contributed by atoms with E-state index in [9.17, 15) is 10.1 Å². The molecule has 1 aromatic rings. The molecule has 19 heavy (non-hydrogen) atoms. The number of nitrogens with one attached hydrogen (secondary N) is 1. The number of hydrogen-bond donors (Lipinski definition) is 1. The van der Waals surface area contributed by atoms with Gasteiger partial charge in [-0.1, -0.05) is 6.42 Å². The average molecular weight is 265 g/mol. The Morgan fingerprint density at radius 3 is 3.11 bits per heavy atom. The Bertz CT molecular complexity index is 445. The van der Waals surface area contributed by atoms with Gasteiger partial charge in [-0.05, 0) is 32.7 Å². The number of aromatic nitrogens is 1. The van der Waals surface area contributed by atoms with Gasteiger partial charge in [0.2, 0.25) is 5.88 Å². The molecule has 0 radical (unpaired) electrons. The molecule has 1 aliphatic rings. The van der Waals surface area contributed by atoms with Crippen molar-refractivity contribution in [2.24, 2.45) is 0 Å². The molecule has 0 spiro atoms. The molecule has 1 atom stereocenters. The van der Waals surface area contributed by atoms with Gasteiger partial charge in [-0.3, -0.25) is 10.1 Å². The third-order valence-corrected chi connectivity index (χ3v) is 3.37. The number of piperidine rings is 1. The summed E-state index contributed by atoms with van der Waals surface area (Å²) < 4.78 is 5.50. The van der Waals surface area contributed by atoms with Crippen LogP contribution < -0.4 is 10.1 Å². The summed E-state index contributed by atoms with van der Waals surface area (Å²) in [6.07, 6.45) is 6.05. The predicted molar refractivity (Wildman–Crippen MR) is 71.4 cm³/mol. The van der Waals surface area contributed by atoms with Crippen LogP contribution in [0, 0.1) is 17.0 Å². The molecule has 1 aliphatic heterocycles. The van der Waals surface area contributed by atoms with E-state index in [1.807, 2.05) is 0 Å². The van der Waals surface area contributed by atoms with Crippen molar-refractivity contribution >= 4 is 5.69 Å². The molecule has 1 N–H and O–H groups in total. The topological polar surface area (TPSA) is 77.3 Å². The molecule has 6 nitrogen and oxygen atoms in total. The van der Waals surface area contributed by atoms with E-state index in [1.54, 1.807) is 6.92 Å². The highest BCUT2D eigenvalue weighted by Gasteiger charge is 2.14. The summed E-state index contributed by atoms with van der Waals surface area (Å²) in [5, 5.41) is 14.2. The van der Waals surface area contributed by atoms with Gasteiger partial charge in [-0.15, -0.1) is 0 Å². The van der Waals surface area contributed by atoms with Crippen molar-refractivity contribution in [1.29, 1.82) is 0 Å². The number of hydrogen-bond acceptors (Lipinski definition) is 5. The summed E-state index contributed by atoms with van der Waals surface area (Å²) >= 11 is 0.